The predicted molar refractivity (Wildman–Crippen MR) is 61.9 cm³/mol. The minimum absolute atomic E-state index is 0.283. The van der Waals surface area contributed by atoms with Crippen molar-refractivity contribution in [2.75, 3.05) is 6.26 Å². The Labute approximate surface area is 89.5 Å². The quantitative estimate of drug-likeness (QED) is 0.755. The Bertz CT molecular complexity index is 318. The molecular formula is C11H17NOS. The second kappa shape index (κ2) is 4.24. The highest BCUT2D eigenvalue weighted by atomic mass is 32.2. The van der Waals surface area contributed by atoms with Crippen molar-refractivity contribution in [2.45, 2.75) is 30.7 Å². The number of thioether (sulfide) groups is 1. The number of hydrogen-bond acceptors (Lipinski definition) is 3. The fraction of sp³-hybridized carbons (Fsp3) is 0.455. The highest BCUT2D eigenvalue weighted by Gasteiger charge is 2.14. The van der Waals surface area contributed by atoms with Gasteiger partial charge >= 0.3 is 0 Å². The number of aromatic hydroxyl groups is 1. The predicted octanol–water partition coefficient (Wildman–Crippen LogP) is 2.39. The topological polar surface area (TPSA) is 46.2 Å². The van der Waals surface area contributed by atoms with Crippen LogP contribution in [0.2, 0.25) is 0 Å². The molecule has 3 N–H and O–H groups in total. The largest absolute Gasteiger partial charge is 0.508 e. The minimum Gasteiger partial charge on any atom is -0.508 e. The van der Waals surface area contributed by atoms with E-state index in [1.165, 1.54) is 0 Å². The Balaban J connectivity index is 2.95. The number of hydrogen-bond donors (Lipinski definition) is 2. The molecule has 0 unspecified atom stereocenters. The van der Waals surface area contributed by atoms with Crippen LogP contribution in [0.25, 0.3) is 0 Å². The summed E-state index contributed by atoms with van der Waals surface area (Å²) in [5.41, 5.74) is 6.55. The summed E-state index contributed by atoms with van der Waals surface area (Å²) < 4.78 is 0. The van der Waals surface area contributed by atoms with Gasteiger partial charge in [-0.2, -0.15) is 0 Å². The van der Waals surface area contributed by atoms with Gasteiger partial charge in [0.2, 0.25) is 0 Å². The van der Waals surface area contributed by atoms with E-state index in [4.69, 9.17) is 5.73 Å². The maximum atomic E-state index is 9.63. The van der Waals surface area contributed by atoms with Gasteiger partial charge in [0.25, 0.3) is 0 Å². The Morgan fingerprint density at radius 3 is 2.57 bits per heavy atom. The van der Waals surface area contributed by atoms with Gasteiger partial charge in [-0.15, -0.1) is 11.8 Å². The van der Waals surface area contributed by atoms with Crippen molar-refractivity contribution >= 4 is 11.8 Å². The van der Waals surface area contributed by atoms with Gasteiger partial charge in [-0.05, 0) is 50.3 Å². The molecule has 1 rings (SSSR count). The maximum Gasteiger partial charge on any atom is 0.118 e. The molecule has 0 bridgehead atoms. The molecular weight excluding hydrogens is 194 g/mol. The SMILES string of the molecule is CSc1ccc(O)c(CC(C)(C)N)c1. The van der Waals surface area contributed by atoms with Crippen LogP contribution < -0.4 is 5.73 Å². The summed E-state index contributed by atoms with van der Waals surface area (Å²) in [4.78, 5) is 1.15. The lowest BCUT2D eigenvalue weighted by Gasteiger charge is -2.19. The van der Waals surface area contributed by atoms with E-state index in [0.717, 1.165) is 10.5 Å². The third kappa shape index (κ3) is 3.24. The molecule has 0 aromatic heterocycles. The molecule has 0 aliphatic carbocycles. The van der Waals surface area contributed by atoms with Crippen molar-refractivity contribution in [1.82, 2.24) is 0 Å². The van der Waals surface area contributed by atoms with Crippen molar-refractivity contribution in [3.63, 3.8) is 0 Å². The van der Waals surface area contributed by atoms with Gasteiger partial charge in [0.15, 0.2) is 0 Å². The molecule has 0 heterocycles. The lowest BCUT2D eigenvalue weighted by Crippen LogP contribution is -2.34. The van der Waals surface area contributed by atoms with E-state index < -0.39 is 0 Å². The summed E-state index contributed by atoms with van der Waals surface area (Å²) in [5, 5.41) is 9.63. The fourth-order valence-electron chi connectivity index (χ4n) is 1.32. The molecule has 0 radical (unpaired) electrons. The summed E-state index contributed by atoms with van der Waals surface area (Å²) in [5.74, 6) is 0.335. The minimum atomic E-state index is -0.283. The maximum absolute atomic E-state index is 9.63. The van der Waals surface area contributed by atoms with Crippen LogP contribution in [-0.2, 0) is 6.42 Å². The van der Waals surface area contributed by atoms with Crippen LogP contribution in [0.15, 0.2) is 23.1 Å². The van der Waals surface area contributed by atoms with Crippen LogP contribution in [0.1, 0.15) is 19.4 Å². The molecule has 78 valence electrons. The normalized spacial score (nSPS) is 11.7. The van der Waals surface area contributed by atoms with E-state index in [1.54, 1.807) is 17.8 Å². The lowest BCUT2D eigenvalue weighted by atomic mass is 9.96. The highest BCUT2D eigenvalue weighted by molar-refractivity contribution is 7.98. The Morgan fingerprint density at radius 1 is 1.43 bits per heavy atom. The zero-order valence-electron chi connectivity index (χ0n) is 8.87. The highest BCUT2D eigenvalue weighted by Crippen LogP contribution is 2.26. The van der Waals surface area contributed by atoms with Gasteiger partial charge in [-0.25, -0.2) is 0 Å². The lowest BCUT2D eigenvalue weighted by molar-refractivity contribution is 0.449. The van der Waals surface area contributed by atoms with Crippen molar-refractivity contribution in [1.29, 1.82) is 0 Å². The van der Waals surface area contributed by atoms with E-state index >= 15 is 0 Å². The molecule has 0 spiro atoms. The van der Waals surface area contributed by atoms with Gasteiger partial charge in [0, 0.05) is 10.4 Å². The van der Waals surface area contributed by atoms with E-state index in [2.05, 4.69) is 0 Å². The molecule has 0 saturated heterocycles. The molecule has 0 amide bonds. The van der Waals surface area contributed by atoms with E-state index in [0.29, 0.717) is 12.2 Å². The van der Waals surface area contributed by atoms with Crippen molar-refractivity contribution in [2.24, 2.45) is 5.73 Å². The smallest absolute Gasteiger partial charge is 0.118 e. The second-order valence-electron chi connectivity index (χ2n) is 4.16. The summed E-state index contributed by atoms with van der Waals surface area (Å²) in [6.07, 6.45) is 2.71. The van der Waals surface area contributed by atoms with Crippen LogP contribution >= 0.6 is 11.8 Å². The molecule has 1 aromatic rings. The zero-order chi connectivity index (χ0) is 10.8. The van der Waals surface area contributed by atoms with Crippen LogP contribution in [0, 0.1) is 0 Å². The monoisotopic (exact) mass is 211 g/mol. The van der Waals surface area contributed by atoms with Crippen molar-refractivity contribution in [3.05, 3.63) is 23.8 Å². The third-order valence-electron chi connectivity index (χ3n) is 1.93. The van der Waals surface area contributed by atoms with Crippen molar-refractivity contribution < 1.29 is 5.11 Å². The van der Waals surface area contributed by atoms with Crippen molar-refractivity contribution in [3.8, 4) is 5.75 Å². The first kappa shape index (κ1) is 11.4. The Kier molecular flexibility index (Phi) is 3.45. The Hall–Kier alpha value is -0.670. The second-order valence-corrected chi connectivity index (χ2v) is 5.04. The standard InChI is InChI=1S/C11H17NOS/c1-11(2,12)7-8-6-9(14-3)4-5-10(8)13/h4-6,13H,7,12H2,1-3H3. The van der Waals surface area contributed by atoms with Crippen LogP contribution in [0.5, 0.6) is 5.75 Å². The van der Waals surface area contributed by atoms with Gasteiger partial charge in [0.05, 0.1) is 0 Å². The fourth-order valence-corrected chi connectivity index (χ4v) is 1.79. The molecule has 14 heavy (non-hydrogen) atoms. The summed E-state index contributed by atoms with van der Waals surface area (Å²) >= 11 is 1.67. The molecule has 0 aliphatic heterocycles. The average Bonchev–Trinajstić information content (AvgIpc) is 2.06. The summed E-state index contributed by atoms with van der Waals surface area (Å²) in [6.45, 7) is 3.91. The van der Waals surface area contributed by atoms with Crippen LogP contribution in [0.4, 0.5) is 0 Å². The van der Waals surface area contributed by atoms with Crippen LogP contribution in [-0.4, -0.2) is 16.9 Å². The van der Waals surface area contributed by atoms with E-state index in [9.17, 15) is 5.11 Å². The summed E-state index contributed by atoms with van der Waals surface area (Å²) in [7, 11) is 0. The van der Waals surface area contributed by atoms with Gasteiger partial charge in [0.1, 0.15) is 5.75 Å². The number of rotatable bonds is 3. The molecule has 1 aromatic carbocycles. The molecule has 0 aliphatic rings. The molecule has 2 nitrogen and oxygen atoms in total. The van der Waals surface area contributed by atoms with Gasteiger partial charge < -0.3 is 10.8 Å². The number of phenolic OH excluding ortho intramolecular Hbond substituents is 1. The van der Waals surface area contributed by atoms with Gasteiger partial charge in [-0.1, -0.05) is 0 Å². The van der Waals surface area contributed by atoms with E-state index in [1.807, 2.05) is 32.2 Å². The zero-order valence-corrected chi connectivity index (χ0v) is 9.69. The number of benzene rings is 1. The van der Waals surface area contributed by atoms with E-state index in [-0.39, 0.29) is 5.54 Å². The number of phenols is 1. The number of nitrogens with two attached hydrogens (primary N) is 1. The third-order valence-corrected chi connectivity index (χ3v) is 2.66. The average molecular weight is 211 g/mol. The first-order valence-electron chi connectivity index (χ1n) is 4.57. The first-order chi connectivity index (χ1) is 6.42. The van der Waals surface area contributed by atoms with Crippen LogP contribution in [0.3, 0.4) is 0 Å². The molecule has 0 fully saturated rings. The molecule has 3 heteroatoms. The first-order valence-corrected chi connectivity index (χ1v) is 5.79. The van der Waals surface area contributed by atoms with Gasteiger partial charge in [-0.3, -0.25) is 0 Å². The molecule has 0 atom stereocenters. The molecule has 0 saturated carbocycles. The summed E-state index contributed by atoms with van der Waals surface area (Å²) in [6, 6.07) is 5.63. The Morgan fingerprint density at radius 2 is 2.07 bits per heavy atom.